The van der Waals surface area contributed by atoms with Crippen molar-refractivity contribution in [1.82, 2.24) is 0 Å². The predicted octanol–water partition coefficient (Wildman–Crippen LogP) is 8.17. The monoisotopic (exact) mass is 635 g/mol. The third-order valence-corrected chi connectivity index (χ3v) is 11.3. The summed E-state index contributed by atoms with van der Waals surface area (Å²) in [5, 5.41) is 21.1. The number of esters is 1. The van der Waals surface area contributed by atoms with Gasteiger partial charge in [0.25, 0.3) is 10.0 Å². The van der Waals surface area contributed by atoms with Crippen LogP contribution in [0.2, 0.25) is 0 Å². The summed E-state index contributed by atoms with van der Waals surface area (Å²) in [4.78, 5) is 14.8. The summed E-state index contributed by atoms with van der Waals surface area (Å²) in [6.45, 7) is 7.90. The Labute approximate surface area is 264 Å². The Morgan fingerprint density at radius 3 is 2.27 bits per heavy atom. The number of cyclic esters (lactones) is 1. The molecule has 44 heavy (non-hydrogen) atoms. The Kier molecular flexibility index (Phi) is 9.10. The lowest BCUT2D eigenvalue weighted by Gasteiger charge is -2.41. The van der Waals surface area contributed by atoms with Gasteiger partial charge in [-0.15, -0.1) is 0 Å². The summed E-state index contributed by atoms with van der Waals surface area (Å²) in [7, 11) is -3.80. The SMILES string of the molecule is Cc1cc(SC2=C(O)CC(CCc3ccc(O)cc3)(C3CCCC3)OC2=O)c(C(C)(C)C)cc1NS(=O)(=O)c1ccccc1. The molecule has 0 amide bonds. The number of rotatable bonds is 9. The molecule has 2 aliphatic rings. The van der Waals surface area contributed by atoms with Gasteiger partial charge in [0, 0.05) is 11.3 Å². The van der Waals surface area contributed by atoms with Gasteiger partial charge >= 0.3 is 5.97 Å². The van der Waals surface area contributed by atoms with E-state index in [0.29, 0.717) is 24.1 Å². The molecule has 0 aromatic heterocycles. The van der Waals surface area contributed by atoms with Crippen LogP contribution < -0.4 is 4.72 Å². The molecule has 0 radical (unpaired) electrons. The maximum atomic E-state index is 13.7. The topological polar surface area (TPSA) is 113 Å². The standard InChI is InChI=1S/C35H41NO6S2/c1-23-20-31(28(34(2,3)4)21-29(23)36-44(40,41)27-12-6-5-7-13-27)43-32-30(38)22-35(42-33(32)39,25-10-8-9-11-25)19-18-24-14-16-26(37)17-15-24/h5-7,12-17,20-21,25,36-38H,8-11,18-19,22H2,1-4H3. The van der Waals surface area contributed by atoms with Crippen LogP contribution in [0.4, 0.5) is 5.69 Å². The second-order valence-electron chi connectivity index (χ2n) is 13.0. The van der Waals surface area contributed by atoms with Gasteiger partial charge in [-0.3, -0.25) is 4.72 Å². The lowest BCUT2D eigenvalue weighted by atomic mass is 9.77. The Bertz CT molecular complexity index is 1650. The second-order valence-corrected chi connectivity index (χ2v) is 15.7. The van der Waals surface area contributed by atoms with E-state index < -0.39 is 27.0 Å². The number of nitrogens with one attached hydrogen (secondary N) is 1. The number of hydrogen-bond donors (Lipinski definition) is 3. The Balaban J connectivity index is 1.44. The van der Waals surface area contributed by atoms with Crippen LogP contribution in [0.15, 0.2) is 87.2 Å². The van der Waals surface area contributed by atoms with Crippen molar-refractivity contribution in [3.05, 3.63) is 94.1 Å². The summed E-state index contributed by atoms with van der Waals surface area (Å²) in [6, 6.07) is 19.0. The van der Waals surface area contributed by atoms with E-state index in [1.807, 2.05) is 52.0 Å². The van der Waals surface area contributed by atoms with E-state index in [4.69, 9.17) is 4.74 Å². The fraction of sp³-hybridized carbons (Fsp3) is 0.400. The van der Waals surface area contributed by atoms with E-state index in [1.54, 1.807) is 42.5 Å². The molecule has 1 heterocycles. The van der Waals surface area contributed by atoms with Crippen molar-refractivity contribution in [2.75, 3.05) is 4.72 Å². The number of aryl methyl sites for hydroxylation is 2. The zero-order valence-corrected chi connectivity index (χ0v) is 27.4. The van der Waals surface area contributed by atoms with Crippen LogP contribution in [-0.2, 0) is 31.4 Å². The number of carbonyl (C=O) groups is 1. The van der Waals surface area contributed by atoms with E-state index in [0.717, 1.165) is 41.7 Å². The summed E-state index contributed by atoms with van der Waals surface area (Å²) < 4.78 is 35.3. The minimum atomic E-state index is -3.80. The molecule has 1 atom stereocenters. The van der Waals surface area contributed by atoms with E-state index in [2.05, 4.69) is 4.72 Å². The molecule has 1 saturated carbocycles. The van der Waals surface area contributed by atoms with Crippen molar-refractivity contribution >= 4 is 33.4 Å². The quantitative estimate of drug-likeness (QED) is 0.203. The molecule has 1 fully saturated rings. The molecule has 3 aromatic carbocycles. The second kappa shape index (κ2) is 12.5. The number of sulfonamides is 1. The van der Waals surface area contributed by atoms with Crippen molar-refractivity contribution in [2.45, 2.75) is 93.4 Å². The van der Waals surface area contributed by atoms with Gasteiger partial charge in [0.05, 0.1) is 10.6 Å². The first-order valence-corrected chi connectivity index (χ1v) is 17.4. The third kappa shape index (κ3) is 6.94. The van der Waals surface area contributed by atoms with Gasteiger partial charge in [-0.05, 0) is 97.0 Å². The Morgan fingerprint density at radius 1 is 1.00 bits per heavy atom. The predicted molar refractivity (Wildman–Crippen MR) is 174 cm³/mol. The van der Waals surface area contributed by atoms with E-state index >= 15 is 0 Å². The van der Waals surface area contributed by atoms with Gasteiger partial charge in [0.15, 0.2) is 0 Å². The summed E-state index contributed by atoms with van der Waals surface area (Å²) in [6.07, 6.45) is 5.54. The van der Waals surface area contributed by atoms with Crippen LogP contribution in [0.5, 0.6) is 5.75 Å². The van der Waals surface area contributed by atoms with Crippen molar-refractivity contribution < 1.29 is 28.2 Å². The molecule has 0 saturated heterocycles. The van der Waals surface area contributed by atoms with Gasteiger partial charge in [0.2, 0.25) is 0 Å². The normalized spacial score (nSPS) is 19.7. The number of aliphatic hydroxyl groups excluding tert-OH is 1. The zero-order valence-electron chi connectivity index (χ0n) is 25.7. The number of thioether (sulfide) groups is 1. The molecule has 7 nitrogen and oxygen atoms in total. The average molecular weight is 636 g/mol. The third-order valence-electron chi connectivity index (χ3n) is 8.73. The fourth-order valence-electron chi connectivity index (χ4n) is 6.27. The largest absolute Gasteiger partial charge is 0.511 e. The maximum Gasteiger partial charge on any atom is 0.349 e. The van der Waals surface area contributed by atoms with Gasteiger partial charge in [0.1, 0.15) is 22.0 Å². The number of benzene rings is 3. The highest BCUT2D eigenvalue weighted by atomic mass is 32.2. The average Bonchev–Trinajstić information content (AvgIpc) is 3.52. The van der Waals surface area contributed by atoms with Crippen LogP contribution in [0.3, 0.4) is 0 Å². The van der Waals surface area contributed by atoms with Crippen LogP contribution in [0.1, 0.15) is 76.0 Å². The first kappa shape index (κ1) is 32.0. The first-order chi connectivity index (χ1) is 20.8. The first-order valence-electron chi connectivity index (χ1n) is 15.1. The summed E-state index contributed by atoms with van der Waals surface area (Å²) >= 11 is 1.18. The highest BCUT2D eigenvalue weighted by Gasteiger charge is 2.48. The molecular formula is C35H41NO6S2. The minimum absolute atomic E-state index is 0.0372. The number of ether oxygens (including phenoxy) is 1. The molecule has 1 unspecified atom stereocenters. The zero-order chi connectivity index (χ0) is 31.7. The van der Waals surface area contributed by atoms with Gasteiger partial charge in [-0.2, -0.15) is 0 Å². The number of phenols is 1. The number of carbonyl (C=O) groups excluding carboxylic acids is 1. The van der Waals surface area contributed by atoms with Crippen molar-refractivity contribution in [3.63, 3.8) is 0 Å². The molecule has 5 rings (SSSR count). The summed E-state index contributed by atoms with van der Waals surface area (Å²) in [5.41, 5.74) is 1.85. The molecule has 1 aliphatic carbocycles. The molecule has 9 heteroatoms. The van der Waals surface area contributed by atoms with Gasteiger partial charge in [-0.1, -0.05) is 75.7 Å². The number of aromatic hydroxyl groups is 1. The number of phenolic OH excluding ortho intramolecular Hbond substituents is 1. The molecule has 3 aromatic rings. The molecule has 1 aliphatic heterocycles. The fourth-order valence-corrected chi connectivity index (χ4v) is 8.65. The Morgan fingerprint density at radius 2 is 1.66 bits per heavy atom. The van der Waals surface area contributed by atoms with E-state index in [9.17, 15) is 23.4 Å². The lowest BCUT2D eigenvalue weighted by molar-refractivity contribution is -0.166. The van der Waals surface area contributed by atoms with Crippen molar-refractivity contribution in [2.24, 2.45) is 5.92 Å². The van der Waals surface area contributed by atoms with Crippen LogP contribution >= 0.6 is 11.8 Å². The highest BCUT2D eigenvalue weighted by molar-refractivity contribution is 8.04. The number of aliphatic hydroxyl groups is 1. The molecule has 234 valence electrons. The maximum absolute atomic E-state index is 13.7. The van der Waals surface area contributed by atoms with Crippen molar-refractivity contribution in [1.29, 1.82) is 0 Å². The van der Waals surface area contributed by atoms with Gasteiger partial charge < -0.3 is 14.9 Å². The van der Waals surface area contributed by atoms with E-state index in [1.165, 1.54) is 11.8 Å². The van der Waals surface area contributed by atoms with Crippen molar-refractivity contribution in [3.8, 4) is 5.75 Å². The van der Waals surface area contributed by atoms with Crippen LogP contribution in [0.25, 0.3) is 0 Å². The number of hydrogen-bond acceptors (Lipinski definition) is 7. The van der Waals surface area contributed by atoms with E-state index in [-0.39, 0.29) is 33.6 Å². The van der Waals surface area contributed by atoms with Crippen LogP contribution in [0, 0.1) is 12.8 Å². The lowest BCUT2D eigenvalue weighted by Crippen LogP contribution is -2.45. The minimum Gasteiger partial charge on any atom is -0.511 e. The molecule has 0 bridgehead atoms. The highest BCUT2D eigenvalue weighted by Crippen LogP contribution is 2.49. The molecule has 0 spiro atoms. The Hall–Kier alpha value is -3.43. The van der Waals surface area contributed by atoms with Crippen LogP contribution in [-0.4, -0.2) is 30.2 Å². The molecular weight excluding hydrogens is 595 g/mol. The smallest absolute Gasteiger partial charge is 0.349 e. The van der Waals surface area contributed by atoms with Gasteiger partial charge in [-0.25, -0.2) is 13.2 Å². The summed E-state index contributed by atoms with van der Waals surface area (Å²) in [5.74, 6) is -0.114. The molecule has 3 N–H and O–H groups in total. The number of anilines is 1.